The van der Waals surface area contributed by atoms with E-state index in [1.54, 1.807) is 12.1 Å². The lowest BCUT2D eigenvalue weighted by Gasteiger charge is -2.16. The fourth-order valence-electron chi connectivity index (χ4n) is 3.60. The monoisotopic (exact) mass is 358 g/mol. The molecule has 3 aromatic carbocycles. The number of halogens is 1. The van der Waals surface area contributed by atoms with E-state index in [1.807, 2.05) is 31.2 Å². The van der Waals surface area contributed by atoms with Crippen molar-refractivity contribution in [2.24, 2.45) is 0 Å². The van der Waals surface area contributed by atoms with E-state index in [0.29, 0.717) is 5.82 Å². The van der Waals surface area contributed by atoms with Crippen LogP contribution in [0.3, 0.4) is 0 Å². The molecule has 0 aliphatic rings. The van der Waals surface area contributed by atoms with Gasteiger partial charge in [-0.1, -0.05) is 36.4 Å². The van der Waals surface area contributed by atoms with Gasteiger partial charge in [0, 0.05) is 5.39 Å². The number of aryl methyl sites for hydroxylation is 1. The highest BCUT2D eigenvalue weighted by Gasteiger charge is 2.14. The van der Waals surface area contributed by atoms with Crippen LogP contribution >= 0.6 is 0 Å². The van der Waals surface area contributed by atoms with Gasteiger partial charge in [0.15, 0.2) is 0 Å². The number of anilines is 2. The Labute approximate surface area is 156 Å². The molecule has 4 N–H and O–H groups in total. The van der Waals surface area contributed by atoms with Crippen molar-refractivity contribution in [1.82, 2.24) is 9.97 Å². The molecule has 0 bridgehead atoms. The first kappa shape index (κ1) is 17.0. The van der Waals surface area contributed by atoms with Crippen LogP contribution in [-0.4, -0.2) is 9.97 Å². The normalized spacial score (nSPS) is 11.1. The molecule has 0 atom stereocenters. The third-order valence-electron chi connectivity index (χ3n) is 4.95. The summed E-state index contributed by atoms with van der Waals surface area (Å²) in [5, 5.41) is 0.813. The first-order chi connectivity index (χ1) is 13.0. The van der Waals surface area contributed by atoms with Gasteiger partial charge in [0.25, 0.3) is 0 Å². The Morgan fingerprint density at radius 3 is 2.15 bits per heavy atom. The Bertz CT molecular complexity index is 1170. The average Bonchev–Trinajstić information content (AvgIpc) is 2.63. The Morgan fingerprint density at radius 1 is 0.741 bits per heavy atom. The maximum absolute atomic E-state index is 13.3. The Morgan fingerprint density at radius 2 is 1.41 bits per heavy atom. The lowest BCUT2D eigenvalue weighted by atomic mass is 9.90. The lowest BCUT2D eigenvalue weighted by molar-refractivity contribution is 0.628. The predicted molar refractivity (Wildman–Crippen MR) is 109 cm³/mol. The second-order valence-corrected chi connectivity index (χ2v) is 6.58. The van der Waals surface area contributed by atoms with E-state index in [1.165, 1.54) is 12.1 Å². The zero-order valence-electron chi connectivity index (χ0n) is 15.1. The van der Waals surface area contributed by atoms with Gasteiger partial charge >= 0.3 is 0 Å². The number of hydrogen-bond acceptors (Lipinski definition) is 4. The van der Waals surface area contributed by atoms with Crippen molar-refractivity contribution in [1.29, 1.82) is 0 Å². The molecule has 0 spiro atoms. The first-order valence-corrected chi connectivity index (χ1v) is 8.64. The van der Waals surface area contributed by atoms with Crippen LogP contribution < -0.4 is 11.5 Å². The molecule has 0 aliphatic carbocycles. The van der Waals surface area contributed by atoms with E-state index >= 15 is 0 Å². The van der Waals surface area contributed by atoms with Gasteiger partial charge in [-0.15, -0.1) is 0 Å². The van der Waals surface area contributed by atoms with Crippen LogP contribution in [0.1, 0.15) is 11.1 Å². The highest BCUT2D eigenvalue weighted by Crippen LogP contribution is 2.36. The molecule has 1 heterocycles. The largest absolute Gasteiger partial charge is 0.383 e. The smallest absolute Gasteiger partial charge is 0.222 e. The van der Waals surface area contributed by atoms with Crippen LogP contribution in [0.5, 0.6) is 0 Å². The van der Waals surface area contributed by atoms with Crippen LogP contribution in [-0.2, 0) is 0 Å². The summed E-state index contributed by atoms with van der Waals surface area (Å²) in [6.45, 7) is 4.08. The SMILES string of the molecule is Cc1c(-c2ccc(F)cc2)cccc1-c1ccc2nc(N)nc(N)c2c1C. The number of rotatable bonds is 2. The molecule has 0 fully saturated rings. The maximum atomic E-state index is 13.3. The van der Waals surface area contributed by atoms with Gasteiger partial charge in [0.1, 0.15) is 11.6 Å². The minimum Gasteiger partial charge on any atom is -0.383 e. The summed E-state index contributed by atoms with van der Waals surface area (Å²) in [6.07, 6.45) is 0. The molecule has 0 aliphatic heterocycles. The molecular formula is C22H19FN4. The average molecular weight is 358 g/mol. The molecule has 0 unspecified atom stereocenters. The number of nitrogens with zero attached hydrogens (tertiary/aromatic N) is 2. The van der Waals surface area contributed by atoms with E-state index in [2.05, 4.69) is 23.0 Å². The van der Waals surface area contributed by atoms with E-state index in [9.17, 15) is 4.39 Å². The summed E-state index contributed by atoms with van der Waals surface area (Å²) in [7, 11) is 0. The third-order valence-corrected chi connectivity index (χ3v) is 4.95. The quantitative estimate of drug-likeness (QED) is 0.535. The molecule has 1 aromatic heterocycles. The van der Waals surface area contributed by atoms with Crippen molar-refractivity contribution in [2.45, 2.75) is 13.8 Å². The van der Waals surface area contributed by atoms with Crippen molar-refractivity contribution in [2.75, 3.05) is 11.5 Å². The molecule has 27 heavy (non-hydrogen) atoms. The highest BCUT2D eigenvalue weighted by molar-refractivity contribution is 5.97. The van der Waals surface area contributed by atoms with E-state index in [0.717, 1.165) is 44.3 Å². The van der Waals surface area contributed by atoms with Gasteiger partial charge in [0.2, 0.25) is 5.95 Å². The topological polar surface area (TPSA) is 77.8 Å². The Hall–Kier alpha value is -3.47. The second kappa shape index (κ2) is 6.36. The summed E-state index contributed by atoms with van der Waals surface area (Å²) in [4.78, 5) is 8.38. The molecular weight excluding hydrogens is 339 g/mol. The minimum atomic E-state index is -0.243. The summed E-state index contributed by atoms with van der Waals surface area (Å²) in [5.74, 6) is 0.304. The second-order valence-electron chi connectivity index (χ2n) is 6.58. The maximum Gasteiger partial charge on any atom is 0.222 e. The van der Waals surface area contributed by atoms with Crippen molar-refractivity contribution in [3.8, 4) is 22.3 Å². The van der Waals surface area contributed by atoms with Gasteiger partial charge in [-0.2, -0.15) is 4.98 Å². The van der Waals surface area contributed by atoms with Crippen LogP contribution in [0.4, 0.5) is 16.2 Å². The van der Waals surface area contributed by atoms with E-state index in [-0.39, 0.29) is 11.8 Å². The first-order valence-electron chi connectivity index (χ1n) is 8.64. The molecule has 0 radical (unpaired) electrons. The van der Waals surface area contributed by atoms with Crippen molar-refractivity contribution < 1.29 is 4.39 Å². The number of nitrogens with two attached hydrogens (primary N) is 2. The molecule has 0 saturated heterocycles. The Kier molecular flexibility index (Phi) is 4.00. The van der Waals surface area contributed by atoms with Gasteiger partial charge in [-0.05, 0) is 65.4 Å². The highest BCUT2D eigenvalue weighted by atomic mass is 19.1. The van der Waals surface area contributed by atoms with Crippen LogP contribution in [0.25, 0.3) is 33.2 Å². The van der Waals surface area contributed by atoms with Crippen LogP contribution in [0.15, 0.2) is 54.6 Å². The number of aromatic nitrogens is 2. The molecule has 4 nitrogen and oxygen atoms in total. The Balaban J connectivity index is 1.93. The molecule has 134 valence electrons. The summed E-state index contributed by atoms with van der Waals surface area (Å²) < 4.78 is 13.3. The zero-order chi connectivity index (χ0) is 19.1. The fraction of sp³-hybridized carbons (Fsp3) is 0.0909. The molecule has 4 rings (SSSR count). The van der Waals surface area contributed by atoms with E-state index < -0.39 is 0 Å². The standard InChI is InChI=1S/C22H19FN4/c1-12-16(14-6-8-15(23)9-7-14)4-3-5-17(12)18-10-11-19-20(13(18)2)21(24)27-22(25)26-19/h3-11H,1-2H3,(H4,24,25,26,27). The van der Waals surface area contributed by atoms with E-state index in [4.69, 9.17) is 11.5 Å². The third kappa shape index (κ3) is 2.87. The van der Waals surface area contributed by atoms with Gasteiger partial charge in [-0.25, -0.2) is 9.37 Å². The number of benzene rings is 3. The molecule has 0 saturated carbocycles. The van der Waals surface area contributed by atoms with Gasteiger partial charge in [0.05, 0.1) is 5.52 Å². The molecule has 5 heteroatoms. The number of nitrogen functional groups attached to an aromatic ring is 2. The molecule has 4 aromatic rings. The van der Waals surface area contributed by atoms with Crippen molar-refractivity contribution >= 4 is 22.7 Å². The summed E-state index contributed by atoms with van der Waals surface area (Å²) in [6, 6.07) is 16.6. The van der Waals surface area contributed by atoms with Crippen molar-refractivity contribution in [3.63, 3.8) is 0 Å². The van der Waals surface area contributed by atoms with Crippen LogP contribution in [0, 0.1) is 19.7 Å². The summed E-state index contributed by atoms with van der Waals surface area (Å²) in [5.41, 5.74) is 18.9. The number of hydrogen-bond donors (Lipinski definition) is 2. The fourth-order valence-corrected chi connectivity index (χ4v) is 3.60. The lowest BCUT2D eigenvalue weighted by Crippen LogP contribution is -2.02. The molecule has 0 amide bonds. The van der Waals surface area contributed by atoms with Gasteiger partial charge in [-0.3, -0.25) is 0 Å². The minimum absolute atomic E-state index is 0.168. The predicted octanol–water partition coefficient (Wildman–Crippen LogP) is 4.88. The summed E-state index contributed by atoms with van der Waals surface area (Å²) >= 11 is 0. The van der Waals surface area contributed by atoms with Crippen molar-refractivity contribution in [3.05, 3.63) is 71.5 Å². The number of fused-ring (bicyclic) bond motifs is 1. The van der Waals surface area contributed by atoms with Crippen LogP contribution in [0.2, 0.25) is 0 Å². The zero-order valence-corrected chi connectivity index (χ0v) is 15.1. The van der Waals surface area contributed by atoms with Gasteiger partial charge < -0.3 is 11.5 Å².